The number of nitrogens with zero attached hydrogens (tertiary/aromatic N) is 2. The first-order valence-electron chi connectivity index (χ1n) is 7.91. The minimum Gasteiger partial charge on any atom is -0.295 e. The summed E-state index contributed by atoms with van der Waals surface area (Å²) in [6.07, 6.45) is -2.22. The second kappa shape index (κ2) is 6.07. The first-order chi connectivity index (χ1) is 9.28. The zero-order valence-corrected chi connectivity index (χ0v) is 14.5. The van der Waals surface area contributed by atoms with Gasteiger partial charge in [-0.05, 0) is 60.8 Å². The van der Waals surface area contributed by atoms with E-state index in [2.05, 4.69) is 32.6 Å². The summed E-state index contributed by atoms with van der Waals surface area (Å²) in [6, 6.07) is -0.204. The van der Waals surface area contributed by atoms with Crippen LogP contribution in [-0.4, -0.2) is 45.8 Å². The van der Waals surface area contributed by atoms with E-state index in [4.69, 9.17) is 0 Å². The van der Waals surface area contributed by atoms with Crippen LogP contribution in [0.2, 0.25) is 0 Å². The summed E-state index contributed by atoms with van der Waals surface area (Å²) in [5, 5.41) is 0. The third-order valence-electron chi connectivity index (χ3n) is 4.38. The van der Waals surface area contributed by atoms with Gasteiger partial charge < -0.3 is 0 Å². The van der Waals surface area contributed by atoms with Crippen LogP contribution in [0.25, 0.3) is 0 Å². The average molecular weight is 308 g/mol. The summed E-state index contributed by atoms with van der Waals surface area (Å²) in [4.78, 5) is 3.13. The average Bonchev–Trinajstić information content (AvgIpc) is 2.23. The van der Waals surface area contributed by atoms with Gasteiger partial charge in [-0.1, -0.05) is 6.92 Å². The molecule has 2 unspecified atom stereocenters. The molecule has 1 aliphatic heterocycles. The zero-order valence-electron chi connectivity index (χ0n) is 14.5. The van der Waals surface area contributed by atoms with Gasteiger partial charge in [-0.3, -0.25) is 4.90 Å². The van der Waals surface area contributed by atoms with Crippen molar-refractivity contribution < 1.29 is 13.2 Å². The second-order valence-corrected chi connectivity index (χ2v) is 8.11. The Morgan fingerprint density at radius 3 is 1.90 bits per heavy atom. The topological polar surface area (TPSA) is 6.48 Å². The Hall–Kier alpha value is -0.290. The lowest BCUT2D eigenvalue weighted by Gasteiger charge is -2.51. The Labute approximate surface area is 127 Å². The molecule has 0 bridgehead atoms. The highest BCUT2D eigenvalue weighted by atomic mass is 19.4. The van der Waals surface area contributed by atoms with Crippen LogP contribution in [0.1, 0.15) is 67.7 Å². The van der Waals surface area contributed by atoms with Crippen molar-refractivity contribution in [2.45, 2.75) is 97.2 Å². The van der Waals surface area contributed by atoms with E-state index in [1.165, 1.54) is 0 Å². The monoisotopic (exact) mass is 308 g/mol. The molecule has 2 atom stereocenters. The van der Waals surface area contributed by atoms with Crippen LogP contribution in [0.5, 0.6) is 0 Å². The van der Waals surface area contributed by atoms with Crippen molar-refractivity contribution in [2.24, 2.45) is 0 Å². The number of hydrogen-bond donors (Lipinski definition) is 0. The van der Waals surface area contributed by atoms with Crippen LogP contribution >= 0.6 is 0 Å². The maximum atomic E-state index is 13.5. The number of halogens is 3. The number of piperidine rings is 1. The molecule has 0 N–H and O–H groups in total. The summed E-state index contributed by atoms with van der Waals surface area (Å²) in [6.45, 7) is 14.2. The highest BCUT2D eigenvalue weighted by Crippen LogP contribution is 2.38. The maximum absolute atomic E-state index is 13.5. The quantitative estimate of drug-likeness (QED) is 0.685. The van der Waals surface area contributed by atoms with E-state index in [9.17, 15) is 13.2 Å². The lowest BCUT2D eigenvalue weighted by Crippen LogP contribution is -2.62. The fraction of sp³-hybridized carbons (Fsp3) is 1.00. The van der Waals surface area contributed by atoms with Crippen LogP contribution in [0.3, 0.4) is 0 Å². The van der Waals surface area contributed by atoms with Gasteiger partial charge in [0, 0.05) is 29.7 Å². The van der Waals surface area contributed by atoms with Gasteiger partial charge in [-0.2, -0.15) is 13.2 Å². The lowest BCUT2D eigenvalue weighted by atomic mass is 9.87. The fourth-order valence-electron chi connectivity index (χ4n) is 3.67. The molecule has 1 fully saturated rings. The molecule has 1 rings (SSSR count). The van der Waals surface area contributed by atoms with Crippen molar-refractivity contribution in [2.75, 3.05) is 6.54 Å². The molecular formula is C16H31F3N2. The number of hydrogen-bond acceptors (Lipinski definition) is 2. The molecule has 0 radical (unpaired) electrons. The van der Waals surface area contributed by atoms with E-state index in [1.807, 2.05) is 0 Å². The maximum Gasteiger partial charge on any atom is 0.460 e. The van der Waals surface area contributed by atoms with Crippen molar-refractivity contribution in [1.29, 1.82) is 0 Å². The Morgan fingerprint density at radius 2 is 1.57 bits per heavy atom. The van der Waals surface area contributed by atoms with Crippen LogP contribution in [0, 0.1) is 0 Å². The van der Waals surface area contributed by atoms with Crippen molar-refractivity contribution in [1.82, 2.24) is 9.80 Å². The highest BCUT2D eigenvalue weighted by molar-refractivity contribution is 4.95. The van der Waals surface area contributed by atoms with E-state index in [1.54, 1.807) is 20.8 Å². The van der Waals surface area contributed by atoms with E-state index in [0.717, 1.165) is 17.9 Å². The van der Waals surface area contributed by atoms with E-state index < -0.39 is 17.9 Å². The minimum atomic E-state index is -4.27. The van der Waals surface area contributed by atoms with Crippen LogP contribution in [0.15, 0.2) is 0 Å². The number of rotatable bonds is 2. The van der Waals surface area contributed by atoms with Crippen molar-refractivity contribution in [3.63, 3.8) is 0 Å². The van der Waals surface area contributed by atoms with E-state index in [-0.39, 0.29) is 11.6 Å². The molecule has 1 heterocycles. The summed E-state index contributed by atoms with van der Waals surface area (Å²) in [5.74, 6) is 0. The summed E-state index contributed by atoms with van der Waals surface area (Å²) >= 11 is 0. The zero-order chi connectivity index (χ0) is 16.6. The van der Waals surface area contributed by atoms with Crippen molar-refractivity contribution in [3.8, 4) is 0 Å². The summed E-state index contributed by atoms with van der Waals surface area (Å²) in [5.41, 5.74) is -0.887. The summed E-state index contributed by atoms with van der Waals surface area (Å²) < 4.78 is 40.4. The SMILES string of the molecule is CCC1CC(N(C(C)(C)C)C(F)(F)F)CCN1C(C)(C)C. The van der Waals surface area contributed by atoms with Crippen LogP contribution in [-0.2, 0) is 0 Å². The van der Waals surface area contributed by atoms with E-state index >= 15 is 0 Å². The first-order valence-corrected chi connectivity index (χ1v) is 7.91. The van der Waals surface area contributed by atoms with Gasteiger partial charge in [0.25, 0.3) is 0 Å². The molecule has 0 aromatic rings. The molecule has 2 nitrogen and oxygen atoms in total. The molecule has 126 valence electrons. The van der Waals surface area contributed by atoms with Crippen LogP contribution < -0.4 is 0 Å². The van der Waals surface area contributed by atoms with Crippen LogP contribution in [0.4, 0.5) is 13.2 Å². The molecule has 0 aromatic heterocycles. The Balaban J connectivity index is 2.97. The molecule has 5 heteroatoms. The molecule has 21 heavy (non-hydrogen) atoms. The van der Waals surface area contributed by atoms with Gasteiger partial charge in [0.15, 0.2) is 0 Å². The Morgan fingerprint density at radius 1 is 1.05 bits per heavy atom. The smallest absolute Gasteiger partial charge is 0.295 e. The summed E-state index contributed by atoms with van der Waals surface area (Å²) in [7, 11) is 0. The normalized spacial score (nSPS) is 26.4. The molecule has 0 saturated carbocycles. The Kier molecular flexibility index (Phi) is 5.42. The van der Waals surface area contributed by atoms with Gasteiger partial charge in [0.2, 0.25) is 0 Å². The van der Waals surface area contributed by atoms with Gasteiger partial charge in [-0.15, -0.1) is 0 Å². The molecule has 0 spiro atoms. The van der Waals surface area contributed by atoms with E-state index in [0.29, 0.717) is 12.8 Å². The molecule has 1 aliphatic rings. The van der Waals surface area contributed by atoms with Gasteiger partial charge in [0.05, 0.1) is 0 Å². The van der Waals surface area contributed by atoms with Gasteiger partial charge >= 0.3 is 6.30 Å². The predicted octanol–water partition coefficient (Wildman–Crippen LogP) is 4.65. The largest absolute Gasteiger partial charge is 0.460 e. The van der Waals surface area contributed by atoms with Crippen molar-refractivity contribution >= 4 is 0 Å². The molecular weight excluding hydrogens is 277 g/mol. The number of alkyl halides is 3. The third kappa shape index (κ3) is 4.59. The molecule has 1 saturated heterocycles. The third-order valence-corrected chi connectivity index (χ3v) is 4.38. The highest BCUT2D eigenvalue weighted by Gasteiger charge is 2.50. The van der Waals surface area contributed by atoms with Crippen molar-refractivity contribution in [3.05, 3.63) is 0 Å². The number of likely N-dealkylation sites (tertiary alicyclic amines) is 1. The fourth-order valence-corrected chi connectivity index (χ4v) is 3.67. The second-order valence-electron chi connectivity index (χ2n) is 8.11. The van der Waals surface area contributed by atoms with Gasteiger partial charge in [-0.25, -0.2) is 4.90 Å². The predicted molar refractivity (Wildman–Crippen MR) is 81.2 cm³/mol. The standard InChI is InChI=1S/C16H31F3N2/c1-8-12-11-13(9-10-20(12)14(2,3)4)21(15(5,6)7)16(17,18)19/h12-13H,8-11H2,1-7H3. The van der Waals surface area contributed by atoms with Gasteiger partial charge in [0.1, 0.15) is 0 Å². The lowest BCUT2D eigenvalue weighted by molar-refractivity contribution is -0.289. The minimum absolute atomic E-state index is 0.0104. The Bertz CT molecular complexity index is 325. The molecule has 0 aromatic carbocycles. The molecule has 0 aliphatic carbocycles. The molecule has 0 amide bonds. The first kappa shape index (κ1) is 18.8.